The number of carbonyl (C=O) groups is 2. The Kier molecular flexibility index (Phi) is 6.54. The third-order valence-corrected chi connectivity index (χ3v) is 5.36. The first-order chi connectivity index (χ1) is 12.8. The average Bonchev–Trinajstić information content (AvgIpc) is 2.99. The summed E-state index contributed by atoms with van der Waals surface area (Å²) in [5.74, 6) is -0.597. The zero-order chi connectivity index (χ0) is 21.3. The van der Waals surface area contributed by atoms with Crippen molar-refractivity contribution in [3.63, 3.8) is 0 Å². The fourth-order valence-corrected chi connectivity index (χ4v) is 3.27. The molecule has 1 N–H and O–H groups in total. The van der Waals surface area contributed by atoms with E-state index in [2.05, 4.69) is 20.8 Å². The number of ether oxygens (including phenoxy) is 2. The van der Waals surface area contributed by atoms with Crippen molar-refractivity contribution in [1.82, 2.24) is 4.90 Å². The van der Waals surface area contributed by atoms with Gasteiger partial charge in [0.2, 0.25) is 0 Å². The van der Waals surface area contributed by atoms with Gasteiger partial charge in [0, 0.05) is 6.42 Å². The number of hydrogen-bond acceptors (Lipinski definition) is 4. The van der Waals surface area contributed by atoms with E-state index >= 15 is 0 Å². The summed E-state index contributed by atoms with van der Waals surface area (Å²) in [6, 6.07) is 4.67. The number of carboxylic acid groups (broad SMARTS) is 1. The molecule has 1 saturated heterocycles. The maximum absolute atomic E-state index is 12.4. The van der Waals surface area contributed by atoms with Crippen LogP contribution in [0.25, 0.3) is 0 Å². The molecule has 0 spiro atoms. The summed E-state index contributed by atoms with van der Waals surface area (Å²) < 4.78 is 11.3. The van der Waals surface area contributed by atoms with E-state index in [1.54, 1.807) is 26.8 Å². The number of likely N-dealkylation sites (tertiary alicyclic amines) is 1. The number of benzene rings is 1. The Balaban J connectivity index is 2.15. The van der Waals surface area contributed by atoms with Crippen molar-refractivity contribution >= 4 is 23.7 Å². The molecule has 1 fully saturated rings. The molecule has 0 saturated carbocycles. The van der Waals surface area contributed by atoms with E-state index in [4.69, 9.17) is 21.1 Å². The smallest absolute Gasteiger partial charge is 0.411 e. The predicted octanol–water partition coefficient (Wildman–Crippen LogP) is 4.87. The molecule has 0 bridgehead atoms. The van der Waals surface area contributed by atoms with Crippen LogP contribution in [0.2, 0.25) is 5.02 Å². The molecule has 0 unspecified atom stereocenters. The molecule has 1 aliphatic heterocycles. The minimum atomic E-state index is -1.08. The summed E-state index contributed by atoms with van der Waals surface area (Å²) in [4.78, 5) is 25.2. The Morgan fingerprint density at radius 1 is 1.25 bits per heavy atom. The highest BCUT2D eigenvalue weighted by Crippen LogP contribution is 2.35. The molecular formula is C21H30ClNO5. The Bertz CT molecular complexity index is 741. The first kappa shape index (κ1) is 22.3. The molecule has 1 heterocycles. The van der Waals surface area contributed by atoms with Crippen molar-refractivity contribution in [1.29, 1.82) is 0 Å². The lowest BCUT2D eigenvalue weighted by atomic mass is 9.82. The van der Waals surface area contributed by atoms with Gasteiger partial charge in [-0.1, -0.05) is 38.4 Å². The monoisotopic (exact) mass is 411 g/mol. The maximum atomic E-state index is 12.4. The topological polar surface area (TPSA) is 76.1 Å². The predicted molar refractivity (Wildman–Crippen MR) is 108 cm³/mol. The molecule has 0 aromatic heterocycles. The number of carboxylic acids is 1. The highest BCUT2D eigenvalue weighted by atomic mass is 35.5. The molecule has 1 aromatic rings. The van der Waals surface area contributed by atoms with Crippen molar-refractivity contribution in [3.8, 4) is 5.75 Å². The average molecular weight is 412 g/mol. The Morgan fingerprint density at radius 3 is 2.39 bits per heavy atom. The molecule has 0 aliphatic carbocycles. The molecule has 2 atom stereocenters. The largest absolute Gasteiger partial charge is 0.487 e. The van der Waals surface area contributed by atoms with E-state index in [-0.39, 0.29) is 18.4 Å². The maximum Gasteiger partial charge on any atom is 0.411 e. The van der Waals surface area contributed by atoms with Crippen LogP contribution in [-0.2, 0) is 14.9 Å². The van der Waals surface area contributed by atoms with Gasteiger partial charge in [0.1, 0.15) is 23.5 Å². The van der Waals surface area contributed by atoms with Crippen LogP contribution in [0.15, 0.2) is 18.2 Å². The van der Waals surface area contributed by atoms with Crippen LogP contribution in [0.5, 0.6) is 5.75 Å². The summed E-state index contributed by atoms with van der Waals surface area (Å²) in [5, 5.41) is 9.97. The highest BCUT2D eigenvalue weighted by molar-refractivity contribution is 6.32. The minimum Gasteiger partial charge on any atom is -0.487 e. The molecule has 1 aliphatic rings. The third-order valence-electron chi connectivity index (χ3n) is 5.07. The summed E-state index contributed by atoms with van der Waals surface area (Å²) in [7, 11) is 0. The molecule has 6 nitrogen and oxygen atoms in total. The molecule has 156 valence electrons. The van der Waals surface area contributed by atoms with Gasteiger partial charge in [0.15, 0.2) is 0 Å². The number of halogens is 1. The molecular weight excluding hydrogens is 382 g/mol. The summed E-state index contributed by atoms with van der Waals surface area (Å²) >= 11 is 6.41. The van der Waals surface area contributed by atoms with Crippen LogP contribution < -0.4 is 4.74 Å². The standard InChI is InChI=1S/C21H30ClNO5/c1-7-21(5,6)13-8-9-17(15(22)10-13)27-14-11-16(18(24)25)23(12-14)19(26)28-20(2,3)4/h8-10,14,16H,7,11-12H2,1-6H3,(H,24,25)/t14-,16+/m1/s1. The zero-order valence-corrected chi connectivity index (χ0v) is 18.2. The fraction of sp³-hybridized carbons (Fsp3) is 0.619. The SMILES string of the molecule is CCC(C)(C)c1ccc(O[C@@H]2C[C@@H](C(=O)O)N(C(=O)OC(C)(C)C)C2)c(Cl)c1. The van der Waals surface area contributed by atoms with Gasteiger partial charge in [-0.2, -0.15) is 0 Å². The van der Waals surface area contributed by atoms with Gasteiger partial charge >= 0.3 is 12.1 Å². The lowest BCUT2D eigenvalue weighted by molar-refractivity contribution is -0.142. The van der Waals surface area contributed by atoms with Crippen molar-refractivity contribution in [3.05, 3.63) is 28.8 Å². The van der Waals surface area contributed by atoms with Crippen LogP contribution in [0.1, 0.15) is 59.9 Å². The number of rotatable bonds is 5. The van der Waals surface area contributed by atoms with Crippen molar-refractivity contribution in [2.45, 2.75) is 77.5 Å². The molecule has 7 heteroatoms. The van der Waals surface area contributed by atoms with Crippen LogP contribution in [-0.4, -0.2) is 46.4 Å². The first-order valence-corrected chi connectivity index (χ1v) is 9.91. The van der Waals surface area contributed by atoms with Crippen molar-refractivity contribution < 1.29 is 24.2 Å². The van der Waals surface area contributed by atoms with Crippen LogP contribution in [0, 0.1) is 0 Å². The second-order valence-corrected chi connectivity index (χ2v) is 9.25. The number of carbonyl (C=O) groups excluding carboxylic acids is 1. The summed E-state index contributed by atoms with van der Waals surface area (Å²) in [6.07, 6.45) is 0.0121. The molecule has 2 rings (SSSR count). The third kappa shape index (κ3) is 5.31. The Morgan fingerprint density at radius 2 is 1.89 bits per heavy atom. The summed E-state index contributed by atoms with van der Waals surface area (Å²) in [5.41, 5.74) is 0.402. The second-order valence-electron chi connectivity index (χ2n) is 8.84. The summed E-state index contributed by atoms with van der Waals surface area (Å²) in [6.45, 7) is 11.8. The van der Waals surface area contributed by atoms with E-state index < -0.39 is 29.8 Å². The van der Waals surface area contributed by atoms with Gasteiger partial charge in [-0.05, 0) is 50.3 Å². The van der Waals surface area contributed by atoms with Gasteiger partial charge in [0.05, 0.1) is 11.6 Å². The van der Waals surface area contributed by atoms with Crippen LogP contribution >= 0.6 is 11.6 Å². The number of hydrogen-bond donors (Lipinski definition) is 1. The van der Waals surface area contributed by atoms with Gasteiger partial charge in [-0.15, -0.1) is 0 Å². The van der Waals surface area contributed by atoms with Crippen molar-refractivity contribution in [2.24, 2.45) is 0 Å². The van der Waals surface area contributed by atoms with E-state index in [0.717, 1.165) is 12.0 Å². The first-order valence-electron chi connectivity index (χ1n) is 9.53. The van der Waals surface area contributed by atoms with Gasteiger partial charge in [-0.3, -0.25) is 4.90 Å². The van der Waals surface area contributed by atoms with Gasteiger partial charge in [-0.25, -0.2) is 9.59 Å². The molecule has 1 aromatic carbocycles. The Hall–Kier alpha value is -1.95. The number of aliphatic carboxylic acids is 1. The van der Waals surface area contributed by atoms with Gasteiger partial charge in [0.25, 0.3) is 0 Å². The number of amides is 1. The Labute approximate surface area is 171 Å². The normalized spacial score (nSPS) is 20.2. The highest BCUT2D eigenvalue weighted by Gasteiger charge is 2.42. The van der Waals surface area contributed by atoms with E-state index in [1.807, 2.05) is 12.1 Å². The van der Waals surface area contributed by atoms with E-state index in [0.29, 0.717) is 10.8 Å². The molecule has 28 heavy (non-hydrogen) atoms. The zero-order valence-electron chi connectivity index (χ0n) is 17.4. The second kappa shape index (κ2) is 8.19. The lowest BCUT2D eigenvalue weighted by Crippen LogP contribution is -2.43. The quantitative estimate of drug-likeness (QED) is 0.748. The van der Waals surface area contributed by atoms with E-state index in [1.165, 1.54) is 4.90 Å². The number of nitrogens with zero attached hydrogens (tertiary/aromatic N) is 1. The fourth-order valence-electron chi connectivity index (χ4n) is 3.04. The molecule has 0 radical (unpaired) electrons. The van der Waals surface area contributed by atoms with Crippen molar-refractivity contribution in [2.75, 3.05) is 6.54 Å². The van der Waals surface area contributed by atoms with Crippen LogP contribution in [0.4, 0.5) is 4.79 Å². The minimum absolute atomic E-state index is 0.00254. The lowest BCUT2D eigenvalue weighted by Gasteiger charge is -2.26. The van der Waals surface area contributed by atoms with E-state index in [9.17, 15) is 14.7 Å². The molecule has 1 amide bonds. The van der Waals surface area contributed by atoms with Gasteiger partial charge < -0.3 is 14.6 Å². The van der Waals surface area contributed by atoms with Crippen LogP contribution in [0.3, 0.4) is 0 Å².